The molecule has 0 aliphatic heterocycles. The Balaban J connectivity index is 4.10. The van der Waals surface area contributed by atoms with Crippen molar-refractivity contribution in [3.05, 3.63) is 0 Å². The van der Waals surface area contributed by atoms with Crippen molar-refractivity contribution in [1.82, 2.24) is 0 Å². The van der Waals surface area contributed by atoms with Gasteiger partial charge in [0.25, 0.3) is 0 Å². The largest absolute Gasteiger partial charge is 0.387 e. The second-order valence-corrected chi connectivity index (χ2v) is 3.83. The molecule has 1 unspecified atom stereocenters. The fraction of sp³-hybridized carbons (Fsp3) is 1.00. The fourth-order valence-electron chi connectivity index (χ4n) is 0.379. The van der Waals surface area contributed by atoms with Gasteiger partial charge in [-0.3, -0.25) is 0 Å². The molecule has 62 valence electrons. The minimum Gasteiger partial charge on any atom is -0.387 e. The van der Waals surface area contributed by atoms with E-state index in [1.165, 1.54) is 0 Å². The van der Waals surface area contributed by atoms with Crippen LogP contribution >= 0.6 is 0 Å². The van der Waals surface area contributed by atoms with E-state index >= 15 is 0 Å². The molecule has 3 heteroatoms. The van der Waals surface area contributed by atoms with Gasteiger partial charge in [0.05, 0.1) is 12.2 Å². The molecule has 0 aromatic rings. The predicted molar refractivity (Wildman–Crippen MR) is 40.2 cm³/mol. The standard InChI is InChI=1S/C7H17NO2/c1-6(2,3)7(4,9)5-10-8/h9H,5,8H2,1-4H3. The summed E-state index contributed by atoms with van der Waals surface area (Å²) < 4.78 is 0. The van der Waals surface area contributed by atoms with E-state index in [-0.39, 0.29) is 12.0 Å². The zero-order chi connectivity index (χ0) is 8.41. The average Bonchev–Trinajstić information content (AvgIpc) is 1.61. The van der Waals surface area contributed by atoms with Crippen molar-refractivity contribution in [1.29, 1.82) is 0 Å². The molecule has 10 heavy (non-hydrogen) atoms. The van der Waals surface area contributed by atoms with E-state index in [0.717, 1.165) is 0 Å². The lowest BCUT2D eigenvalue weighted by atomic mass is 9.78. The molecule has 0 radical (unpaired) electrons. The molecule has 0 amide bonds. The third-order valence-electron chi connectivity index (χ3n) is 1.98. The third-order valence-corrected chi connectivity index (χ3v) is 1.98. The molecular weight excluding hydrogens is 130 g/mol. The first-order valence-corrected chi connectivity index (χ1v) is 3.35. The maximum absolute atomic E-state index is 9.65. The summed E-state index contributed by atoms with van der Waals surface area (Å²) in [7, 11) is 0. The molecule has 0 aliphatic carbocycles. The van der Waals surface area contributed by atoms with Gasteiger partial charge in [-0.1, -0.05) is 20.8 Å². The summed E-state index contributed by atoms with van der Waals surface area (Å²) in [5.74, 6) is 4.85. The molecule has 0 aliphatic rings. The van der Waals surface area contributed by atoms with E-state index < -0.39 is 5.60 Å². The maximum atomic E-state index is 9.65. The molecule has 0 rings (SSSR count). The van der Waals surface area contributed by atoms with Gasteiger partial charge >= 0.3 is 0 Å². The number of hydrogen-bond acceptors (Lipinski definition) is 3. The van der Waals surface area contributed by atoms with Crippen molar-refractivity contribution in [3.8, 4) is 0 Å². The highest BCUT2D eigenvalue weighted by atomic mass is 16.6. The summed E-state index contributed by atoms with van der Waals surface area (Å²) in [5.41, 5.74) is -1.06. The van der Waals surface area contributed by atoms with Gasteiger partial charge in [0.15, 0.2) is 0 Å². The van der Waals surface area contributed by atoms with E-state index in [2.05, 4.69) is 4.84 Å². The van der Waals surface area contributed by atoms with Crippen molar-refractivity contribution < 1.29 is 9.94 Å². The summed E-state index contributed by atoms with van der Waals surface area (Å²) in [6.45, 7) is 7.68. The normalized spacial score (nSPS) is 18.6. The van der Waals surface area contributed by atoms with E-state index in [4.69, 9.17) is 5.90 Å². The van der Waals surface area contributed by atoms with Crippen LogP contribution in [0.2, 0.25) is 0 Å². The van der Waals surface area contributed by atoms with Gasteiger partial charge in [-0.05, 0) is 12.3 Å². The van der Waals surface area contributed by atoms with Crippen LogP contribution in [0.15, 0.2) is 0 Å². The molecule has 0 spiro atoms. The lowest BCUT2D eigenvalue weighted by Gasteiger charge is -2.35. The summed E-state index contributed by atoms with van der Waals surface area (Å²) in [6, 6.07) is 0. The minimum absolute atomic E-state index is 0.163. The van der Waals surface area contributed by atoms with Gasteiger partial charge in [0.2, 0.25) is 0 Å². The van der Waals surface area contributed by atoms with E-state index in [1.54, 1.807) is 6.92 Å². The van der Waals surface area contributed by atoms with Crippen LogP contribution in [-0.4, -0.2) is 17.3 Å². The fourth-order valence-corrected chi connectivity index (χ4v) is 0.379. The molecule has 0 aromatic heterocycles. The van der Waals surface area contributed by atoms with Gasteiger partial charge in [0.1, 0.15) is 0 Å². The Kier molecular flexibility index (Phi) is 2.83. The molecule has 3 nitrogen and oxygen atoms in total. The molecule has 0 heterocycles. The Morgan fingerprint density at radius 1 is 1.30 bits per heavy atom. The first-order valence-electron chi connectivity index (χ1n) is 3.35. The monoisotopic (exact) mass is 147 g/mol. The van der Waals surface area contributed by atoms with E-state index in [9.17, 15) is 5.11 Å². The van der Waals surface area contributed by atoms with Gasteiger partial charge in [-0.2, -0.15) is 0 Å². The Morgan fingerprint density at radius 2 is 1.70 bits per heavy atom. The van der Waals surface area contributed by atoms with Crippen molar-refractivity contribution in [3.63, 3.8) is 0 Å². The Hall–Kier alpha value is -0.120. The van der Waals surface area contributed by atoms with Crippen molar-refractivity contribution >= 4 is 0 Å². The molecule has 3 N–H and O–H groups in total. The molecular formula is C7H17NO2. The van der Waals surface area contributed by atoms with Gasteiger partial charge in [0, 0.05) is 0 Å². The molecule has 0 saturated carbocycles. The summed E-state index contributed by atoms with van der Waals surface area (Å²) in [6.07, 6.45) is 0. The van der Waals surface area contributed by atoms with Crippen LogP contribution in [0.25, 0.3) is 0 Å². The lowest BCUT2D eigenvalue weighted by molar-refractivity contribution is -0.101. The predicted octanol–water partition coefficient (Wildman–Crippen LogP) is 0.674. The second kappa shape index (κ2) is 2.86. The molecule has 0 fully saturated rings. The molecule has 1 atom stereocenters. The van der Waals surface area contributed by atoms with Crippen LogP contribution < -0.4 is 5.90 Å². The minimum atomic E-state index is -0.859. The zero-order valence-electron chi connectivity index (χ0n) is 7.14. The Bertz CT molecular complexity index is 105. The first kappa shape index (κ1) is 9.88. The van der Waals surface area contributed by atoms with Crippen LogP contribution in [0.1, 0.15) is 27.7 Å². The SMILES string of the molecule is CC(C)(C)C(C)(O)CON. The number of rotatable bonds is 2. The van der Waals surface area contributed by atoms with Crippen LogP contribution in [-0.2, 0) is 4.84 Å². The smallest absolute Gasteiger partial charge is 0.0969 e. The Morgan fingerprint density at radius 3 is 1.80 bits per heavy atom. The highest BCUT2D eigenvalue weighted by molar-refractivity contribution is 4.85. The van der Waals surface area contributed by atoms with E-state index in [0.29, 0.717) is 0 Å². The zero-order valence-corrected chi connectivity index (χ0v) is 7.14. The molecule has 0 saturated heterocycles. The topological polar surface area (TPSA) is 55.5 Å². The molecule has 0 aromatic carbocycles. The van der Waals surface area contributed by atoms with Gasteiger partial charge < -0.3 is 9.94 Å². The third kappa shape index (κ3) is 2.25. The quantitative estimate of drug-likeness (QED) is 0.564. The molecule has 0 bridgehead atoms. The average molecular weight is 147 g/mol. The van der Waals surface area contributed by atoms with E-state index in [1.807, 2.05) is 20.8 Å². The highest BCUT2D eigenvalue weighted by Gasteiger charge is 2.35. The van der Waals surface area contributed by atoms with Crippen molar-refractivity contribution in [2.24, 2.45) is 11.3 Å². The summed E-state index contributed by atoms with van der Waals surface area (Å²) in [4.78, 5) is 4.38. The summed E-state index contributed by atoms with van der Waals surface area (Å²) >= 11 is 0. The lowest BCUT2D eigenvalue weighted by Crippen LogP contribution is -2.44. The van der Waals surface area contributed by atoms with Gasteiger partial charge in [-0.15, -0.1) is 0 Å². The maximum Gasteiger partial charge on any atom is 0.0969 e. The van der Waals surface area contributed by atoms with Crippen LogP contribution in [0.4, 0.5) is 0 Å². The first-order chi connectivity index (χ1) is 4.31. The summed E-state index contributed by atoms with van der Waals surface area (Å²) in [5, 5.41) is 9.65. The van der Waals surface area contributed by atoms with Crippen LogP contribution in [0.5, 0.6) is 0 Å². The Labute approximate surface area is 62.1 Å². The van der Waals surface area contributed by atoms with Crippen molar-refractivity contribution in [2.45, 2.75) is 33.3 Å². The number of aliphatic hydroxyl groups is 1. The van der Waals surface area contributed by atoms with Crippen LogP contribution in [0.3, 0.4) is 0 Å². The van der Waals surface area contributed by atoms with Gasteiger partial charge in [-0.25, -0.2) is 5.90 Å². The van der Waals surface area contributed by atoms with Crippen LogP contribution in [0, 0.1) is 5.41 Å². The highest BCUT2D eigenvalue weighted by Crippen LogP contribution is 2.29. The second-order valence-electron chi connectivity index (χ2n) is 3.83. The number of hydrogen-bond donors (Lipinski definition) is 2. The number of nitrogens with two attached hydrogens (primary N) is 1. The van der Waals surface area contributed by atoms with Crippen molar-refractivity contribution in [2.75, 3.05) is 6.61 Å².